The lowest BCUT2D eigenvalue weighted by atomic mass is 10.2. The van der Waals surface area contributed by atoms with Crippen molar-refractivity contribution in [3.05, 3.63) is 23.8 Å². The molecule has 1 aliphatic rings. The summed E-state index contributed by atoms with van der Waals surface area (Å²) in [7, 11) is 3.30. The third-order valence-corrected chi connectivity index (χ3v) is 3.67. The highest BCUT2D eigenvalue weighted by molar-refractivity contribution is 14.0. The zero-order valence-electron chi connectivity index (χ0n) is 13.7. The fraction of sp³-hybridized carbons (Fsp3) is 0.562. The van der Waals surface area contributed by atoms with Crippen LogP contribution in [0.3, 0.4) is 0 Å². The Labute approximate surface area is 149 Å². The number of aliphatic imine (C=N–C) groups is 1. The number of guanidine groups is 1. The fourth-order valence-corrected chi connectivity index (χ4v) is 2.26. The first-order valence-corrected chi connectivity index (χ1v) is 7.44. The van der Waals surface area contributed by atoms with Crippen LogP contribution in [0.2, 0.25) is 0 Å². The molecule has 0 amide bonds. The Morgan fingerprint density at radius 2 is 2.05 bits per heavy atom. The summed E-state index contributed by atoms with van der Waals surface area (Å²) in [5.74, 6) is 3.08. The van der Waals surface area contributed by atoms with Crippen molar-refractivity contribution >= 4 is 29.9 Å². The highest BCUT2D eigenvalue weighted by Crippen LogP contribution is 2.31. The van der Waals surface area contributed by atoms with Gasteiger partial charge in [-0.3, -0.25) is 0 Å². The van der Waals surface area contributed by atoms with Crippen LogP contribution in [0.5, 0.6) is 11.5 Å². The van der Waals surface area contributed by atoms with Crippen LogP contribution in [0.4, 0.5) is 0 Å². The van der Waals surface area contributed by atoms with E-state index in [2.05, 4.69) is 29.5 Å². The molecule has 2 N–H and O–H groups in total. The Bertz CT molecular complexity index is 508. The van der Waals surface area contributed by atoms with Crippen molar-refractivity contribution in [1.29, 1.82) is 0 Å². The second-order valence-electron chi connectivity index (χ2n) is 5.31. The molecule has 0 saturated heterocycles. The minimum atomic E-state index is 0. The van der Waals surface area contributed by atoms with Crippen LogP contribution in [-0.4, -0.2) is 32.8 Å². The van der Waals surface area contributed by atoms with Gasteiger partial charge in [0.1, 0.15) is 0 Å². The molecular formula is C16H26IN3O2. The molecule has 0 spiro atoms. The largest absolute Gasteiger partial charge is 0.493 e. The van der Waals surface area contributed by atoms with Crippen molar-refractivity contribution in [3.8, 4) is 11.5 Å². The summed E-state index contributed by atoms with van der Waals surface area (Å²) >= 11 is 0. The quantitative estimate of drug-likeness (QED) is 0.423. The molecule has 2 rings (SSSR count). The van der Waals surface area contributed by atoms with Crippen LogP contribution in [0, 0.1) is 5.92 Å². The monoisotopic (exact) mass is 419 g/mol. The van der Waals surface area contributed by atoms with Gasteiger partial charge in [0, 0.05) is 18.2 Å². The van der Waals surface area contributed by atoms with Crippen molar-refractivity contribution in [3.63, 3.8) is 0 Å². The zero-order chi connectivity index (χ0) is 15.2. The molecule has 1 aromatic rings. The summed E-state index contributed by atoms with van der Waals surface area (Å²) in [5.41, 5.74) is 1.01. The maximum Gasteiger partial charge on any atom is 0.191 e. The molecule has 1 aliphatic carbocycles. The van der Waals surface area contributed by atoms with Gasteiger partial charge in [0.15, 0.2) is 17.5 Å². The lowest BCUT2D eigenvalue weighted by Gasteiger charge is -2.13. The van der Waals surface area contributed by atoms with Crippen molar-refractivity contribution in [1.82, 2.24) is 10.6 Å². The standard InChI is InChI=1S/C16H25N3O2.HI/c1-5-17-16(19-13-9-11(13)2)18-10-12-7-6-8-14(20-3)15(12)21-4;/h6-8,11,13H,5,9-10H2,1-4H3,(H2,17,18,19);1H. The van der Waals surface area contributed by atoms with Crippen molar-refractivity contribution in [2.24, 2.45) is 10.9 Å². The second kappa shape index (κ2) is 9.07. The average Bonchev–Trinajstić information content (AvgIpc) is 3.19. The third kappa shape index (κ3) is 4.93. The number of halogens is 1. The number of para-hydroxylation sites is 1. The third-order valence-electron chi connectivity index (χ3n) is 3.67. The van der Waals surface area contributed by atoms with Crippen molar-refractivity contribution in [2.75, 3.05) is 20.8 Å². The number of hydrogen-bond acceptors (Lipinski definition) is 3. The molecule has 0 aromatic heterocycles. The van der Waals surface area contributed by atoms with E-state index in [1.807, 2.05) is 18.2 Å². The molecule has 0 aliphatic heterocycles. The van der Waals surface area contributed by atoms with Gasteiger partial charge in [0.25, 0.3) is 0 Å². The molecule has 22 heavy (non-hydrogen) atoms. The smallest absolute Gasteiger partial charge is 0.191 e. The number of methoxy groups -OCH3 is 2. The molecule has 0 radical (unpaired) electrons. The Morgan fingerprint density at radius 1 is 1.32 bits per heavy atom. The summed E-state index contributed by atoms with van der Waals surface area (Å²) in [4.78, 5) is 4.64. The molecule has 1 saturated carbocycles. The van der Waals surface area contributed by atoms with Crippen LogP contribution in [-0.2, 0) is 6.54 Å². The van der Waals surface area contributed by atoms with E-state index in [0.717, 1.165) is 35.5 Å². The van der Waals surface area contributed by atoms with E-state index in [4.69, 9.17) is 9.47 Å². The first-order valence-electron chi connectivity index (χ1n) is 7.44. The normalized spacial score (nSPS) is 19.9. The summed E-state index contributed by atoms with van der Waals surface area (Å²) in [5, 5.41) is 6.72. The van der Waals surface area contributed by atoms with Crippen LogP contribution >= 0.6 is 24.0 Å². The van der Waals surface area contributed by atoms with E-state index in [-0.39, 0.29) is 24.0 Å². The molecule has 6 heteroatoms. The van der Waals surface area contributed by atoms with Crippen LogP contribution in [0.15, 0.2) is 23.2 Å². The molecule has 0 bridgehead atoms. The Morgan fingerprint density at radius 3 is 2.59 bits per heavy atom. The van der Waals surface area contributed by atoms with E-state index in [9.17, 15) is 0 Å². The first-order chi connectivity index (χ1) is 10.2. The van der Waals surface area contributed by atoms with Gasteiger partial charge in [-0.15, -0.1) is 24.0 Å². The number of nitrogens with zero attached hydrogens (tertiary/aromatic N) is 1. The SMILES string of the molecule is CCNC(=NCc1cccc(OC)c1OC)NC1CC1C.I. The van der Waals surface area contributed by atoms with Gasteiger partial charge >= 0.3 is 0 Å². The fourth-order valence-electron chi connectivity index (χ4n) is 2.26. The number of hydrogen-bond donors (Lipinski definition) is 2. The molecule has 2 atom stereocenters. The maximum absolute atomic E-state index is 5.44. The number of benzene rings is 1. The minimum Gasteiger partial charge on any atom is -0.493 e. The van der Waals surface area contributed by atoms with Crippen molar-refractivity contribution in [2.45, 2.75) is 32.9 Å². The molecule has 1 fully saturated rings. The molecule has 5 nitrogen and oxygen atoms in total. The Balaban J connectivity index is 0.00000242. The Kier molecular flexibility index (Phi) is 7.78. The van der Waals surface area contributed by atoms with Crippen LogP contribution in [0.25, 0.3) is 0 Å². The first kappa shape index (κ1) is 18.9. The van der Waals surface area contributed by atoms with Gasteiger partial charge in [-0.05, 0) is 25.3 Å². The van der Waals surface area contributed by atoms with Gasteiger partial charge < -0.3 is 20.1 Å². The number of ether oxygens (including phenoxy) is 2. The lowest BCUT2D eigenvalue weighted by molar-refractivity contribution is 0.352. The van der Waals surface area contributed by atoms with E-state index < -0.39 is 0 Å². The van der Waals surface area contributed by atoms with Gasteiger partial charge in [0.05, 0.1) is 20.8 Å². The molecule has 2 unspecified atom stereocenters. The average molecular weight is 419 g/mol. The summed E-state index contributed by atoms with van der Waals surface area (Å²) in [6.45, 7) is 5.71. The summed E-state index contributed by atoms with van der Waals surface area (Å²) < 4.78 is 10.8. The highest BCUT2D eigenvalue weighted by atomic mass is 127. The Hall–Kier alpha value is -1.18. The lowest BCUT2D eigenvalue weighted by Crippen LogP contribution is -2.39. The minimum absolute atomic E-state index is 0. The van der Waals surface area contributed by atoms with Gasteiger partial charge in [-0.25, -0.2) is 4.99 Å². The number of rotatable bonds is 6. The van der Waals surface area contributed by atoms with Crippen LogP contribution in [0.1, 0.15) is 25.8 Å². The predicted molar refractivity (Wildman–Crippen MR) is 100 cm³/mol. The molecular weight excluding hydrogens is 393 g/mol. The highest BCUT2D eigenvalue weighted by Gasteiger charge is 2.33. The van der Waals surface area contributed by atoms with Crippen LogP contribution < -0.4 is 20.1 Å². The summed E-state index contributed by atoms with van der Waals surface area (Å²) in [6, 6.07) is 6.40. The van der Waals surface area contributed by atoms with Gasteiger partial charge in [-0.2, -0.15) is 0 Å². The zero-order valence-corrected chi connectivity index (χ0v) is 16.0. The van der Waals surface area contributed by atoms with E-state index in [1.165, 1.54) is 6.42 Å². The van der Waals surface area contributed by atoms with Gasteiger partial charge in [-0.1, -0.05) is 19.1 Å². The van der Waals surface area contributed by atoms with Crippen molar-refractivity contribution < 1.29 is 9.47 Å². The van der Waals surface area contributed by atoms with E-state index >= 15 is 0 Å². The molecule has 124 valence electrons. The second-order valence-corrected chi connectivity index (χ2v) is 5.31. The molecule has 0 heterocycles. The number of nitrogens with one attached hydrogen (secondary N) is 2. The predicted octanol–water partition coefficient (Wildman–Crippen LogP) is 2.79. The van der Waals surface area contributed by atoms with E-state index in [1.54, 1.807) is 14.2 Å². The summed E-state index contributed by atoms with van der Waals surface area (Å²) in [6.07, 6.45) is 1.22. The van der Waals surface area contributed by atoms with E-state index in [0.29, 0.717) is 12.6 Å². The topological polar surface area (TPSA) is 54.9 Å². The van der Waals surface area contributed by atoms with Gasteiger partial charge in [0.2, 0.25) is 0 Å². The maximum atomic E-state index is 5.44. The molecule has 1 aromatic carbocycles.